The molecule has 3 aromatic rings. The minimum atomic E-state index is -1.88. The predicted octanol–water partition coefficient (Wildman–Crippen LogP) is -2.15. The number of aromatic hydroxyl groups is 1. The molecule has 1 fully saturated rings. The second-order valence-electron chi connectivity index (χ2n) is 28.7. The summed E-state index contributed by atoms with van der Waals surface area (Å²) >= 11 is 1.33. The lowest BCUT2D eigenvalue weighted by molar-refractivity contribution is -0.143. The van der Waals surface area contributed by atoms with Crippen molar-refractivity contribution in [3.8, 4) is 5.75 Å². The number of hydrogen-bond donors (Lipinski definition) is 19. The van der Waals surface area contributed by atoms with Gasteiger partial charge < -0.3 is 107 Å². The summed E-state index contributed by atoms with van der Waals surface area (Å²) in [7, 11) is 0. The minimum absolute atomic E-state index is 0.0107. The zero-order valence-corrected chi connectivity index (χ0v) is 65.9. The van der Waals surface area contributed by atoms with Crippen LogP contribution < -0.4 is 81.4 Å². The Morgan fingerprint density at radius 2 is 1.03 bits per heavy atom. The zero-order chi connectivity index (χ0) is 84.2. The number of aliphatic imine (C=N–C) groups is 1. The van der Waals surface area contributed by atoms with E-state index in [4.69, 9.17) is 22.9 Å². The van der Waals surface area contributed by atoms with Crippen LogP contribution in [0.1, 0.15) is 136 Å². The third-order valence-corrected chi connectivity index (χ3v) is 19.3. The van der Waals surface area contributed by atoms with Gasteiger partial charge in [-0.15, -0.1) is 0 Å². The summed E-state index contributed by atoms with van der Waals surface area (Å²) in [6.45, 7) is 10.6. The van der Waals surface area contributed by atoms with Crippen LogP contribution in [-0.4, -0.2) is 230 Å². The Labute approximate surface area is 660 Å². The second-order valence-corrected chi connectivity index (χ2v) is 29.7. The lowest BCUT2D eigenvalue weighted by Crippen LogP contribution is -2.62. The van der Waals surface area contributed by atoms with Crippen LogP contribution in [0.15, 0.2) is 89.9 Å². The molecule has 1 saturated heterocycles. The number of nitrogens with two attached hydrogens (primary N) is 4. The third kappa shape index (κ3) is 33.1. The minimum Gasteiger partial charge on any atom is -0.508 e. The molecule has 14 atom stereocenters. The lowest BCUT2D eigenvalue weighted by Gasteiger charge is -2.33. The molecule has 0 spiro atoms. The summed E-state index contributed by atoms with van der Waals surface area (Å²) in [5.74, 6) is -16.1. The third-order valence-electron chi connectivity index (χ3n) is 18.7. The second kappa shape index (κ2) is 48.1. The molecule has 113 heavy (non-hydrogen) atoms. The molecule has 0 saturated carbocycles. The van der Waals surface area contributed by atoms with Crippen LogP contribution in [0, 0.1) is 17.8 Å². The topological polar surface area (TPSA) is 589 Å². The number of nitrogens with one attached hydrogen (secondary N) is 11. The number of carbonyl (C=O) groups is 15. The number of aliphatic hydroxyl groups is 1. The van der Waals surface area contributed by atoms with Crippen LogP contribution in [0.3, 0.4) is 0 Å². The molecule has 14 unspecified atom stereocenters. The predicted molar refractivity (Wildman–Crippen MR) is 418 cm³/mol. The van der Waals surface area contributed by atoms with E-state index in [1.807, 2.05) is 30.3 Å². The van der Waals surface area contributed by atoms with Crippen LogP contribution in [0.25, 0.3) is 0 Å². The maximum absolute atomic E-state index is 14.7. The van der Waals surface area contributed by atoms with Crippen LogP contribution in [0.5, 0.6) is 5.75 Å². The normalized spacial score (nSPS) is 16.0. The highest BCUT2D eigenvalue weighted by molar-refractivity contribution is 7.98. The van der Waals surface area contributed by atoms with Gasteiger partial charge in [0.2, 0.25) is 76.8 Å². The number of hydrogen-bond acceptors (Lipinski definition) is 20. The molecule has 23 N–H and O–H groups in total. The molecule has 0 radical (unpaired) electrons. The van der Waals surface area contributed by atoms with E-state index in [1.165, 1.54) is 40.9 Å². The molecular formula is C76H113N17O19S. The average molecular weight is 1600 g/mol. The summed E-state index contributed by atoms with van der Waals surface area (Å²) < 4.78 is 0. The quantitative estimate of drug-likeness (QED) is 0.0163. The number of phenols is 1. The Morgan fingerprint density at radius 3 is 1.55 bits per heavy atom. The standard InChI is InChI=1S/C76H113N17O19S/c1-9-43(6)62(91-71(107)57-23-17-34-93(57)74(110)61(42(4)5)90-64(100)49(77)37-45-18-12-10-13-19-45)72(108)89-56(38-46-20-14-11-15-21-46)70(106)92-63(44(7)94)73(109)88-55(39-47-24-26-48(95)27-25-47)65(101)82-40-59(97)83-51(29-31-60(98)99)67(103)87-54(36-41(2)3)69(105)85-52(28-30-58(78)96)68(104)84-50(22-16-33-81-76(79)80)66(102)86-53(75(111)112)32-35-113-8/h10-15,18-21,24-27,41-44,49-57,61-63,94-95H,9,16-17,22-23,28-40,77H2,1-8H3,(H2,78,96)(H,82,101)(H,83,97)(H,84,104)(H,85,105)(H,86,102)(H,87,103)(H,88,109)(H,89,108)(H,90,100)(H,91,107)(H,92,106)(H,98,99)(H,111,112)(H4,79,80,81). The van der Waals surface area contributed by atoms with Gasteiger partial charge in [-0.3, -0.25) is 72.1 Å². The first-order valence-corrected chi connectivity index (χ1v) is 39.0. The van der Waals surface area contributed by atoms with Gasteiger partial charge in [-0.1, -0.05) is 121 Å². The number of rotatable bonds is 49. The molecule has 0 aliphatic carbocycles. The molecule has 0 aromatic heterocycles. The number of primary amides is 1. The number of carboxylic acids is 2. The first kappa shape index (κ1) is 94.4. The zero-order valence-electron chi connectivity index (χ0n) is 65.1. The first-order valence-electron chi connectivity index (χ1n) is 37.6. The number of carboxylic acid groups (broad SMARTS) is 2. The molecule has 36 nitrogen and oxygen atoms in total. The van der Waals surface area contributed by atoms with E-state index in [9.17, 15) is 92.3 Å². The van der Waals surface area contributed by atoms with Crippen molar-refractivity contribution in [2.24, 2.45) is 45.7 Å². The molecule has 4 rings (SSSR count). The van der Waals surface area contributed by atoms with E-state index >= 15 is 0 Å². The van der Waals surface area contributed by atoms with Crippen molar-refractivity contribution in [1.29, 1.82) is 0 Å². The van der Waals surface area contributed by atoms with Crippen LogP contribution >= 0.6 is 11.8 Å². The lowest BCUT2D eigenvalue weighted by atomic mass is 9.96. The van der Waals surface area contributed by atoms with Gasteiger partial charge in [0, 0.05) is 38.8 Å². The number of aliphatic carboxylic acids is 2. The fourth-order valence-corrected chi connectivity index (χ4v) is 12.6. The molecule has 3 aromatic carbocycles. The maximum atomic E-state index is 14.7. The Balaban J connectivity index is 1.56. The SMILES string of the molecule is CCC(C)C(NC(=O)C1CCCN1C(=O)C(NC(=O)C(N)Cc1ccccc1)C(C)C)C(=O)NC(Cc1ccccc1)C(=O)NC(C(=O)NC(Cc1ccc(O)cc1)C(=O)NCC(=O)NC(CCC(=O)O)C(=O)NC(CC(C)C)C(=O)NC(CCC(N)=O)C(=O)NC(CCCN=C(N)N)C(=O)NC(CCSC)C(=O)O)C(C)O. The molecule has 1 heterocycles. The molecule has 37 heteroatoms. The molecule has 1 aliphatic rings. The summed E-state index contributed by atoms with van der Waals surface area (Å²) in [5, 5.41) is 68.8. The summed E-state index contributed by atoms with van der Waals surface area (Å²) in [5.41, 5.74) is 24.3. The number of carbonyl (C=O) groups excluding carboxylic acids is 13. The van der Waals surface area contributed by atoms with Crippen LogP contribution in [0.2, 0.25) is 0 Å². The fraction of sp³-hybridized carbons (Fsp3) is 0.553. The Hall–Kier alpha value is -10.9. The van der Waals surface area contributed by atoms with Crippen molar-refractivity contribution < 1.29 is 92.3 Å². The number of phenolic OH excluding ortho intramolecular Hbond substituents is 1. The van der Waals surface area contributed by atoms with Crippen molar-refractivity contribution in [2.45, 2.75) is 217 Å². The van der Waals surface area contributed by atoms with E-state index in [1.54, 1.807) is 78.1 Å². The van der Waals surface area contributed by atoms with Gasteiger partial charge in [-0.05, 0) is 123 Å². The number of nitrogens with zero attached hydrogens (tertiary/aromatic N) is 2. The number of amides is 13. The van der Waals surface area contributed by atoms with E-state index in [0.717, 1.165) is 12.5 Å². The number of likely N-dealkylation sites (tertiary alicyclic amines) is 1. The Morgan fingerprint density at radius 1 is 0.540 bits per heavy atom. The van der Waals surface area contributed by atoms with Crippen molar-refractivity contribution in [1.82, 2.24) is 63.4 Å². The molecule has 13 amide bonds. The average Bonchev–Trinajstić information content (AvgIpc) is 1.72. The number of aliphatic hydroxyl groups excluding tert-OH is 1. The molecule has 1 aliphatic heterocycles. The highest BCUT2D eigenvalue weighted by Gasteiger charge is 2.43. The van der Waals surface area contributed by atoms with Crippen LogP contribution in [-0.2, 0) is 91.2 Å². The first-order chi connectivity index (χ1) is 53.4. The monoisotopic (exact) mass is 1600 g/mol. The van der Waals surface area contributed by atoms with Crippen molar-refractivity contribution in [2.75, 3.05) is 31.6 Å². The van der Waals surface area contributed by atoms with Crippen LogP contribution in [0.4, 0.5) is 0 Å². The van der Waals surface area contributed by atoms with E-state index in [0.29, 0.717) is 29.7 Å². The van der Waals surface area contributed by atoms with Crippen molar-refractivity contribution in [3.63, 3.8) is 0 Å². The number of guanidine groups is 1. The van der Waals surface area contributed by atoms with Gasteiger partial charge in [-0.25, -0.2) is 4.79 Å². The van der Waals surface area contributed by atoms with Crippen molar-refractivity contribution >= 4 is 106 Å². The fourth-order valence-electron chi connectivity index (χ4n) is 12.2. The van der Waals surface area contributed by atoms with Gasteiger partial charge in [0.1, 0.15) is 72.2 Å². The van der Waals surface area contributed by atoms with Gasteiger partial charge >= 0.3 is 11.9 Å². The van der Waals surface area contributed by atoms with E-state index in [2.05, 4.69) is 63.5 Å². The summed E-state index contributed by atoms with van der Waals surface area (Å²) in [4.78, 5) is 212. The van der Waals surface area contributed by atoms with Gasteiger partial charge in [-0.2, -0.15) is 11.8 Å². The Bertz CT molecular complexity index is 3740. The largest absolute Gasteiger partial charge is 0.508 e. The molecule has 622 valence electrons. The summed E-state index contributed by atoms with van der Waals surface area (Å²) in [6, 6.07) is 5.69. The smallest absolute Gasteiger partial charge is 0.326 e. The number of thioether (sulfide) groups is 1. The highest BCUT2D eigenvalue weighted by Crippen LogP contribution is 2.23. The highest BCUT2D eigenvalue weighted by atomic mass is 32.2. The van der Waals surface area contributed by atoms with Gasteiger partial charge in [0.25, 0.3) is 0 Å². The Kier molecular flexibility index (Phi) is 40.2. The van der Waals surface area contributed by atoms with E-state index in [-0.39, 0.29) is 82.1 Å². The molecular weight excluding hydrogens is 1490 g/mol. The number of benzene rings is 3. The van der Waals surface area contributed by atoms with Gasteiger partial charge in [0.15, 0.2) is 5.96 Å². The van der Waals surface area contributed by atoms with E-state index < -0.39 is 211 Å². The summed E-state index contributed by atoms with van der Waals surface area (Å²) in [6.07, 6.45) is -1.83. The maximum Gasteiger partial charge on any atom is 0.326 e. The molecule has 0 bridgehead atoms. The van der Waals surface area contributed by atoms with Gasteiger partial charge in [0.05, 0.1) is 18.7 Å². The van der Waals surface area contributed by atoms with Crippen molar-refractivity contribution in [3.05, 3.63) is 102 Å².